The minimum atomic E-state index is -0.0408. The van der Waals surface area contributed by atoms with Crippen LogP contribution in [-0.2, 0) is 6.42 Å². The largest absolute Gasteiger partial charge is 0.352 e. The third-order valence-corrected chi connectivity index (χ3v) is 7.45. The average Bonchev–Trinajstić information content (AvgIpc) is 2.85. The molecule has 1 fully saturated rings. The van der Waals surface area contributed by atoms with E-state index in [1.165, 1.54) is 30.4 Å². The monoisotopic (exact) mass is 474 g/mol. The molecule has 0 aliphatic carbocycles. The van der Waals surface area contributed by atoms with E-state index in [1.807, 2.05) is 48.5 Å². The van der Waals surface area contributed by atoms with Gasteiger partial charge in [0.1, 0.15) is 0 Å². The highest BCUT2D eigenvalue weighted by molar-refractivity contribution is 6.30. The Bertz CT molecular complexity index is 1070. The Kier molecular flexibility index (Phi) is 8.07. The van der Waals surface area contributed by atoms with Crippen LogP contribution in [0.25, 0.3) is 11.1 Å². The molecule has 3 nitrogen and oxygen atoms in total. The molecule has 1 saturated heterocycles. The van der Waals surface area contributed by atoms with Crippen molar-refractivity contribution in [2.24, 2.45) is 0 Å². The number of nitrogens with zero attached hydrogens (tertiary/aromatic N) is 1. The first-order valence-electron chi connectivity index (χ1n) is 12.4. The van der Waals surface area contributed by atoms with Crippen molar-refractivity contribution in [1.29, 1.82) is 0 Å². The molecule has 0 radical (unpaired) electrons. The Labute approximate surface area is 209 Å². The molecule has 3 atom stereocenters. The lowest BCUT2D eigenvalue weighted by molar-refractivity contribution is 0.0623. The van der Waals surface area contributed by atoms with Gasteiger partial charge in [-0.1, -0.05) is 66.6 Å². The molecule has 34 heavy (non-hydrogen) atoms. The van der Waals surface area contributed by atoms with Crippen molar-refractivity contribution in [2.45, 2.75) is 64.6 Å². The molecule has 3 aromatic rings. The number of hydrogen-bond donors (Lipinski definition) is 1. The van der Waals surface area contributed by atoms with E-state index in [4.69, 9.17) is 11.6 Å². The van der Waals surface area contributed by atoms with Gasteiger partial charge in [-0.15, -0.1) is 0 Å². The first-order valence-corrected chi connectivity index (χ1v) is 12.8. The van der Waals surface area contributed by atoms with Crippen LogP contribution in [0.15, 0.2) is 72.8 Å². The molecule has 1 N–H and O–H groups in total. The predicted molar refractivity (Wildman–Crippen MR) is 142 cm³/mol. The van der Waals surface area contributed by atoms with Crippen LogP contribution < -0.4 is 5.32 Å². The van der Waals surface area contributed by atoms with Crippen molar-refractivity contribution in [3.05, 3.63) is 94.5 Å². The van der Waals surface area contributed by atoms with Crippen LogP contribution in [0.2, 0.25) is 5.02 Å². The summed E-state index contributed by atoms with van der Waals surface area (Å²) in [5.74, 6) is -0.0408. The summed E-state index contributed by atoms with van der Waals surface area (Å²) in [7, 11) is 0. The molecule has 1 heterocycles. The summed E-state index contributed by atoms with van der Waals surface area (Å²) in [5, 5.41) is 3.77. The van der Waals surface area contributed by atoms with Crippen LogP contribution in [0.4, 0.5) is 0 Å². The lowest BCUT2D eigenvalue weighted by Gasteiger charge is -2.43. The van der Waals surface area contributed by atoms with Gasteiger partial charge in [0.05, 0.1) is 0 Å². The lowest BCUT2D eigenvalue weighted by atomic mass is 9.93. The van der Waals surface area contributed by atoms with Gasteiger partial charge in [0.2, 0.25) is 0 Å². The van der Waals surface area contributed by atoms with E-state index in [0.717, 1.165) is 22.6 Å². The topological polar surface area (TPSA) is 32.3 Å². The van der Waals surface area contributed by atoms with Crippen molar-refractivity contribution in [3.8, 4) is 11.1 Å². The second-order valence-electron chi connectivity index (χ2n) is 9.58. The first-order chi connectivity index (χ1) is 16.4. The highest BCUT2D eigenvalue weighted by atomic mass is 35.5. The molecular weight excluding hydrogens is 440 g/mol. The van der Waals surface area contributed by atoms with Crippen LogP contribution in [0.1, 0.15) is 67.6 Å². The fourth-order valence-corrected chi connectivity index (χ4v) is 5.34. The number of carbonyl (C=O) groups excluding carboxylic acids is 1. The molecule has 4 rings (SSSR count). The van der Waals surface area contributed by atoms with E-state index in [2.05, 4.69) is 55.3 Å². The van der Waals surface area contributed by atoms with Crippen molar-refractivity contribution >= 4 is 17.5 Å². The smallest absolute Gasteiger partial charge is 0.251 e. The van der Waals surface area contributed by atoms with Crippen LogP contribution in [0.3, 0.4) is 0 Å². The van der Waals surface area contributed by atoms with E-state index >= 15 is 0 Å². The highest BCUT2D eigenvalue weighted by Gasteiger charge is 2.29. The van der Waals surface area contributed by atoms with Crippen LogP contribution in [0, 0.1) is 0 Å². The van der Waals surface area contributed by atoms with Gasteiger partial charge in [-0.25, -0.2) is 0 Å². The Morgan fingerprint density at radius 2 is 1.47 bits per heavy atom. The quantitative estimate of drug-likeness (QED) is 0.389. The van der Waals surface area contributed by atoms with E-state index in [1.54, 1.807) is 0 Å². The Balaban J connectivity index is 1.28. The standard InChI is InChI=1S/C30H35ClN2O/c1-21-5-4-6-22(2)33(21)23(3)25-9-7-24(8-10-25)19-20-32-30(34)28-13-11-26(12-14-28)27-15-17-29(31)18-16-27/h7-18,21-23H,4-6,19-20H2,1-3H3,(H,32,34)/t21-,22+,23?. The molecule has 1 unspecified atom stereocenters. The van der Waals surface area contributed by atoms with Gasteiger partial charge in [0.25, 0.3) is 5.91 Å². The third-order valence-electron chi connectivity index (χ3n) is 7.19. The van der Waals surface area contributed by atoms with Crippen molar-refractivity contribution < 1.29 is 4.79 Å². The SMILES string of the molecule is CC(c1ccc(CCNC(=O)c2ccc(-c3ccc(Cl)cc3)cc2)cc1)N1[C@H](C)CCC[C@@H]1C. The number of hydrogen-bond acceptors (Lipinski definition) is 2. The Morgan fingerprint density at radius 1 is 0.912 bits per heavy atom. The predicted octanol–water partition coefficient (Wildman–Crippen LogP) is 7.30. The summed E-state index contributed by atoms with van der Waals surface area (Å²) in [4.78, 5) is 15.2. The summed E-state index contributed by atoms with van der Waals surface area (Å²) >= 11 is 5.97. The maximum Gasteiger partial charge on any atom is 0.251 e. The molecule has 1 aliphatic heterocycles. The molecule has 0 spiro atoms. The molecule has 0 bridgehead atoms. The number of halogens is 1. The van der Waals surface area contributed by atoms with Crippen LogP contribution in [-0.4, -0.2) is 29.4 Å². The number of rotatable bonds is 7. The zero-order valence-corrected chi connectivity index (χ0v) is 21.2. The molecule has 4 heteroatoms. The van der Waals surface area contributed by atoms with Crippen LogP contribution >= 0.6 is 11.6 Å². The average molecular weight is 475 g/mol. The van der Waals surface area contributed by atoms with E-state index in [9.17, 15) is 4.79 Å². The molecule has 0 aromatic heterocycles. The zero-order chi connectivity index (χ0) is 24.1. The first kappa shape index (κ1) is 24.5. The molecule has 1 amide bonds. The second kappa shape index (κ2) is 11.2. The molecule has 1 aliphatic rings. The van der Waals surface area contributed by atoms with Crippen molar-refractivity contribution in [2.75, 3.05) is 6.54 Å². The third kappa shape index (κ3) is 5.89. The molecule has 0 saturated carbocycles. The maximum atomic E-state index is 12.6. The number of likely N-dealkylation sites (tertiary alicyclic amines) is 1. The summed E-state index contributed by atoms with van der Waals surface area (Å²) in [5.41, 5.74) is 5.43. The lowest BCUT2D eigenvalue weighted by Crippen LogP contribution is -2.45. The number of carbonyl (C=O) groups is 1. The fourth-order valence-electron chi connectivity index (χ4n) is 5.22. The van der Waals surface area contributed by atoms with Gasteiger partial charge in [-0.05, 0) is 86.6 Å². The van der Waals surface area contributed by atoms with Gasteiger partial charge in [-0.3, -0.25) is 9.69 Å². The van der Waals surface area contributed by atoms with Gasteiger partial charge >= 0.3 is 0 Å². The summed E-state index contributed by atoms with van der Waals surface area (Å²) in [6.45, 7) is 7.65. The van der Waals surface area contributed by atoms with Gasteiger partial charge in [0, 0.05) is 35.3 Å². The number of piperidine rings is 1. The molecular formula is C30H35ClN2O. The molecule has 3 aromatic carbocycles. The fraction of sp³-hybridized carbons (Fsp3) is 0.367. The van der Waals surface area contributed by atoms with Crippen LogP contribution in [0.5, 0.6) is 0 Å². The van der Waals surface area contributed by atoms with E-state index in [0.29, 0.717) is 30.2 Å². The molecule has 178 valence electrons. The number of nitrogens with one attached hydrogen (secondary N) is 1. The maximum absolute atomic E-state index is 12.6. The Hall–Kier alpha value is -2.62. The van der Waals surface area contributed by atoms with Gasteiger partial charge in [0.15, 0.2) is 0 Å². The van der Waals surface area contributed by atoms with Gasteiger partial charge in [-0.2, -0.15) is 0 Å². The summed E-state index contributed by atoms with van der Waals surface area (Å²) in [6, 6.07) is 26.0. The number of amides is 1. The minimum absolute atomic E-state index is 0.0408. The van der Waals surface area contributed by atoms with E-state index < -0.39 is 0 Å². The normalized spacial score (nSPS) is 19.5. The minimum Gasteiger partial charge on any atom is -0.352 e. The van der Waals surface area contributed by atoms with Gasteiger partial charge < -0.3 is 5.32 Å². The van der Waals surface area contributed by atoms with Crippen molar-refractivity contribution in [3.63, 3.8) is 0 Å². The van der Waals surface area contributed by atoms with Crippen molar-refractivity contribution in [1.82, 2.24) is 10.2 Å². The highest BCUT2D eigenvalue weighted by Crippen LogP contribution is 2.32. The Morgan fingerprint density at radius 3 is 2.06 bits per heavy atom. The summed E-state index contributed by atoms with van der Waals surface area (Å²) < 4.78 is 0. The second-order valence-corrected chi connectivity index (χ2v) is 10.0. The van der Waals surface area contributed by atoms with E-state index in [-0.39, 0.29) is 5.91 Å². The zero-order valence-electron chi connectivity index (χ0n) is 20.4. The summed E-state index contributed by atoms with van der Waals surface area (Å²) in [6.07, 6.45) is 4.73. The number of benzene rings is 3.